The number of ether oxygens (including phenoxy) is 2. The van der Waals surface area contributed by atoms with Gasteiger partial charge in [-0.1, -0.05) is 11.6 Å². The van der Waals surface area contributed by atoms with Gasteiger partial charge < -0.3 is 25.0 Å². The molecule has 2 aliphatic heterocycles. The number of hydrogen-bond donors (Lipinski definition) is 2. The first-order valence-electron chi connectivity index (χ1n) is 12.3. The Bertz CT molecular complexity index is 1340. The molecule has 1 fully saturated rings. The first kappa shape index (κ1) is 25.2. The molecular formula is C26H29ClN6O4. The molecule has 1 saturated heterocycles. The number of nitrogens with one attached hydrogen (secondary N) is 2. The van der Waals surface area contributed by atoms with Crippen molar-refractivity contribution in [2.45, 2.75) is 51.2 Å². The van der Waals surface area contributed by atoms with Crippen molar-refractivity contribution in [1.29, 1.82) is 0 Å². The average molecular weight is 525 g/mol. The lowest BCUT2D eigenvalue weighted by Crippen LogP contribution is -2.52. The second-order valence-corrected chi connectivity index (χ2v) is 9.72. The van der Waals surface area contributed by atoms with Gasteiger partial charge in [-0.05, 0) is 43.9 Å². The second kappa shape index (κ2) is 10.9. The van der Waals surface area contributed by atoms with Crippen LogP contribution in [0.5, 0.6) is 11.6 Å². The number of pyridine rings is 3. The van der Waals surface area contributed by atoms with E-state index in [0.717, 1.165) is 41.6 Å². The highest BCUT2D eigenvalue weighted by Gasteiger charge is 2.30. The molecule has 3 aromatic heterocycles. The average Bonchev–Trinajstić information content (AvgIpc) is 2.91. The van der Waals surface area contributed by atoms with E-state index in [4.69, 9.17) is 21.1 Å². The van der Waals surface area contributed by atoms with Gasteiger partial charge in [-0.25, -0.2) is 9.97 Å². The van der Waals surface area contributed by atoms with Gasteiger partial charge in [0.1, 0.15) is 0 Å². The van der Waals surface area contributed by atoms with Gasteiger partial charge in [-0.3, -0.25) is 14.6 Å². The molecular weight excluding hydrogens is 496 g/mol. The summed E-state index contributed by atoms with van der Waals surface area (Å²) in [5.74, 6) is 1.37. The highest BCUT2D eigenvalue weighted by atomic mass is 35.5. The Labute approximate surface area is 219 Å². The Balaban J connectivity index is 1.22. The minimum Gasteiger partial charge on any atom is -0.481 e. The summed E-state index contributed by atoms with van der Waals surface area (Å²) in [7, 11) is 1.58. The van der Waals surface area contributed by atoms with Gasteiger partial charge in [0.15, 0.2) is 18.2 Å². The number of piperidine rings is 1. The molecule has 2 N–H and O–H groups in total. The fourth-order valence-corrected chi connectivity index (χ4v) is 5.20. The summed E-state index contributed by atoms with van der Waals surface area (Å²) in [5, 5.41) is 6.82. The van der Waals surface area contributed by atoms with E-state index in [-0.39, 0.29) is 30.5 Å². The predicted molar refractivity (Wildman–Crippen MR) is 139 cm³/mol. The summed E-state index contributed by atoms with van der Waals surface area (Å²) in [6.07, 6.45) is 4.91. The van der Waals surface area contributed by atoms with E-state index in [9.17, 15) is 9.59 Å². The lowest BCUT2D eigenvalue weighted by atomic mass is 9.93. The van der Waals surface area contributed by atoms with Crippen LogP contribution in [0, 0.1) is 0 Å². The van der Waals surface area contributed by atoms with E-state index >= 15 is 0 Å². The third-order valence-electron chi connectivity index (χ3n) is 6.89. The summed E-state index contributed by atoms with van der Waals surface area (Å²) < 4.78 is 10.7. The van der Waals surface area contributed by atoms with Crippen LogP contribution in [-0.4, -0.2) is 64.0 Å². The number of fused-ring (bicyclic) bond motifs is 2. The van der Waals surface area contributed by atoms with E-state index in [1.54, 1.807) is 26.3 Å². The summed E-state index contributed by atoms with van der Waals surface area (Å²) in [4.78, 5) is 39.5. The quantitative estimate of drug-likeness (QED) is 0.484. The molecule has 3 aromatic rings. The van der Waals surface area contributed by atoms with Gasteiger partial charge in [-0.2, -0.15) is 0 Å². The van der Waals surface area contributed by atoms with Crippen LogP contribution in [0.3, 0.4) is 0 Å². The highest BCUT2D eigenvalue weighted by Crippen LogP contribution is 2.29. The Morgan fingerprint density at radius 1 is 1.27 bits per heavy atom. The first-order valence-corrected chi connectivity index (χ1v) is 12.7. The second-order valence-electron chi connectivity index (χ2n) is 9.31. The molecule has 5 rings (SSSR count). The van der Waals surface area contributed by atoms with E-state index < -0.39 is 0 Å². The van der Waals surface area contributed by atoms with Crippen molar-refractivity contribution in [2.75, 3.05) is 25.6 Å². The topological polar surface area (TPSA) is 119 Å². The SMILES string of the molecule is COc1ccc2ncc(Cl)c(CC[C@@H]3CC[C@@H](NCc4ccc5c(n4)NC(=O)CO5)CN3C(C)=O)c2n1. The van der Waals surface area contributed by atoms with E-state index in [0.29, 0.717) is 42.0 Å². The minimum atomic E-state index is -0.212. The van der Waals surface area contributed by atoms with Crippen LogP contribution in [0.2, 0.25) is 5.02 Å². The molecule has 2 aliphatic rings. The Hall–Kier alpha value is -3.50. The van der Waals surface area contributed by atoms with Crippen LogP contribution in [-0.2, 0) is 22.6 Å². The van der Waals surface area contributed by atoms with Crippen molar-refractivity contribution in [3.05, 3.63) is 46.7 Å². The monoisotopic (exact) mass is 524 g/mol. The standard InChI is InChI=1S/C26H29ClN6O4/c1-15(34)33-13-17(28-11-16-4-9-22-26(30-16)31-23(35)14-37-22)3-5-18(33)6-7-19-20(27)12-29-21-8-10-24(36-2)32-25(19)21/h4,8-10,12,17-18,28H,3,5-7,11,13-14H2,1-2H3,(H,30,31,35)/t17-,18+/m1/s1. The van der Waals surface area contributed by atoms with Gasteiger partial charge in [0.05, 0.1) is 28.9 Å². The number of aryl methyl sites for hydroxylation is 1. The molecule has 11 heteroatoms. The first-order chi connectivity index (χ1) is 17.9. The van der Waals surface area contributed by atoms with Crippen molar-refractivity contribution in [3.8, 4) is 11.6 Å². The third-order valence-corrected chi connectivity index (χ3v) is 7.22. The lowest BCUT2D eigenvalue weighted by molar-refractivity contribution is -0.133. The van der Waals surface area contributed by atoms with Gasteiger partial charge in [-0.15, -0.1) is 0 Å². The number of aromatic nitrogens is 3. The number of carbonyl (C=O) groups excluding carboxylic acids is 2. The molecule has 37 heavy (non-hydrogen) atoms. The smallest absolute Gasteiger partial charge is 0.263 e. The zero-order chi connectivity index (χ0) is 25.9. The summed E-state index contributed by atoms with van der Waals surface area (Å²) in [5.41, 5.74) is 3.21. The van der Waals surface area contributed by atoms with Crippen molar-refractivity contribution in [2.24, 2.45) is 0 Å². The molecule has 194 valence electrons. The maximum absolute atomic E-state index is 12.6. The summed E-state index contributed by atoms with van der Waals surface area (Å²) in [6.45, 7) is 2.76. The normalized spacial score (nSPS) is 19.2. The van der Waals surface area contributed by atoms with Crippen molar-refractivity contribution in [3.63, 3.8) is 0 Å². The third kappa shape index (κ3) is 5.60. The Morgan fingerprint density at radius 3 is 2.95 bits per heavy atom. The van der Waals surface area contributed by atoms with E-state index in [1.165, 1.54) is 0 Å². The molecule has 0 aliphatic carbocycles. The summed E-state index contributed by atoms with van der Waals surface area (Å²) in [6, 6.07) is 7.59. The van der Waals surface area contributed by atoms with Gasteiger partial charge in [0.2, 0.25) is 11.8 Å². The van der Waals surface area contributed by atoms with Crippen molar-refractivity contribution >= 4 is 40.3 Å². The number of halogens is 1. The van der Waals surface area contributed by atoms with Crippen LogP contribution in [0.1, 0.15) is 37.4 Å². The summed E-state index contributed by atoms with van der Waals surface area (Å²) >= 11 is 6.52. The molecule has 0 saturated carbocycles. The van der Waals surface area contributed by atoms with Gasteiger partial charge >= 0.3 is 0 Å². The Kier molecular flexibility index (Phi) is 7.38. The van der Waals surface area contributed by atoms with E-state index in [1.807, 2.05) is 23.1 Å². The number of rotatable bonds is 7. The zero-order valence-electron chi connectivity index (χ0n) is 20.8. The van der Waals surface area contributed by atoms with Crippen molar-refractivity contribution in [1.82, 2.24) is 25.2 Å². The molecule has 0 spiro atoms. The largest absolute Gasteiger partial charge is 0.481 e. The molecule has 0 radical (unpaired) electrons. The van der Waals surface area contributed by atoms with E-state index in [2.05, 4.69) is 25.6 Å². The predicted octanol–water partition coefficient (Wildman–Crippen LogP) is 3.12. The maximum atomic E-state index is 12.6. The van der Waals surface area contributed by atoms with Crippen molar-refractivity contribution < 1.29 is 19.1 Å². The van der Waals surface area contributed by atoms with Crippen LogP contribution >= 0.6 is 11.6 Å². The number of hydrogen-bond acceptors (Lipinski definition) is 8. The molecule has 0 bridgehead atoms. The fourth-order valence-electron chi connectivity index (χ4n) is 4.97. The van der Waals surface area contributed by atoms with Gasteiger partial charge in [0, 0.05) is 49.9 Å². The highest BCUT2D eigenvalue weighted by molar-refractivity contribution is 6.32. The lowest BCUT2D eigenvalue weighted by Gasteiger charge is -2.40. The minimum absolute atomic E-state index is 0.00466. The van der Waals surface area contributed by atoms with Crippen LogP contribution in [0.4, 0.5) is 5.82 Å². The number of likely N-dealkylation sites (tertiary alicyclic amines) is 1. The number of carbonyl (C=O) groups is 2. The van der Waals surface area contributed by atoms with Gasteiger partial charge in [0.25, 0.3) is 5.91 Å². The molecule has 10 nitrogen and oxygen atoms in total. The maximum Gasteiger partial charge on any atom is 0.263 e. The van der Waals surface area contributed by atoms with Crippen LogP contribution in [0.25, 0.3) is 11.0 Å². The number of nitrogens with zero attached hydrogens (tertiary/aromatic N) is 4. The fraction of sp³-hybridized carbons (Fsp3) is 0.423. The Morgan fingerprint density at radius 2 is 2.14 bits per heavy atom. The number of amides is 2. The van der Waals surface area contributed by atoms with Crippen LogP contribution < -0.4 is 20.1 Å². The molecule has 2 amide bonds. The zero-order valence-corrected chi connectivity index (χ0v) is 21.5. The number of anilines is 1. The molecule has 2 atom stereocenters. The molecule has 5 heterocycles. The molecule has 0 unspecified atom stereocenters. The number of methoxy groups -OCH3 is 1. The van der Waals surface area contributed by atoms with Crippen LogP contribution in [0.15, 0.2) is 30.5 Å². The molecule has 0 aromatic carbocycles.